The van der Waals surface area contributed by atoms with Gasteiger partial charge in [-0.3, -0.25) is 14.4 Å². The number of hydrogen-bond acceptors (Lipinski definition) is 5. The van der Waals surface area contributed by atoms with Gasteiger partial charge in [0, 0.05) is 11.1 Å². The standard InChI is InChI=1S/C25H25NO5/c1-16(21-10-6-8-18-7-4-5-9-22(18)21)26-24(28)15-31-25(29)14-20-13-19(17(2)27)11-12-23(20)30-3/h4-13,16H,14-15H2,1-3H3,(H,26,28)/t16-/m0/s1. The lowest BCUT2D eigenvalue weighted by molar-refractivity contribution is -0.148. The van der Waals surface area contributed by atoms with Crippen molar-refractivity contribution in [2.45, 2.75) is 26.3 Å². The number of esters is 1. The van der Waals surface area contributed by atoms with Gasteiger partial charge in [-0.25, -0.2) is 0 Å². The number of benzene rings is 3. The molecule has 0 fully saturated rings. The molecule has 0 radical (unpaired) electrons. The van der Waals surface area contributed by atoms with E-state index in [1.54, 1.807) is 18.2 Å². The highest BCUT2D eigenvalue weighted by atomic mass is 16.5. The third-order valence-electron chi connectivity index (χ3n) is 5.05. The van der Waals surface area contributed by atoms with Crippen LogP contribution in [0.4, 0.5) is 0 Å². The Morgan fingerprint density at radius 2 is 1.74 bits per heavy atom. The second-order valence-corrected chi connectivity index (χ2v) is 7.28. The fourth-order valence-corrected chi connectivity index (χ4v) is 3.48. The van der Waals surface area contributed by atoms with Gasteiger partial charge in [-0.1, -0.05) is 42.5 Å². The minimum Gasteiger partial charge on any atom is -0.496 e. The van der Waals surface area contributed by atoms with E-state index in [1.807, 2.05) is 49.4 Å². The van der Waals surface area contributed by atoms with Gasteiger partial charge >= 0.3 is 5.97 Å². The van der Waals surface area contributed by atoms with E-state index in [2.05, 4.69) is 5.32 Å². The van der Waals surface area contributed by atoms with Crippen molar-refractivity contribution in [2.24, 2.45) is 0 Å². The summed E-state index contributed by atoms with van der Waals surface area (Å²) >= 11 is 0. The van der Waals surface area contributed by atoms with Gasteiger partial charge in [0.1, 0.15) is 5.75 Å². The number of amides is 1. The summed E-state index contributed by atoms with van der Waals surface area (Å²) in [6, 6.07) is 18.5. The Morgan fingerprint density at radius 1 is 1.00 bits per heavy atom. The van der Waals surface area contributed by atoms with Gasteiger partial charge in [-0.15, -0.1) is 0 Å². The van der Waals surface area contributed by atoms with E-state index in [0.717, 1.165) is 16.3 Å². The average molecular weight is 419 g/mol. The number of Topliss-reactive ketones (excluding diaryl/α,β-unsaturated/α-hetero) is 1. The van der Waals surface area contributed by atoms with E-state index in [-0.39, 0.29) is 24.9 Å². The van der Waals surface area contributed by atoms with Crippen LogP contribution >= 0.6 is 0 Å². The van der Waals surface area contributed by atoms with E-state index in [9.17, 15) is 14.4 Å². The Hall–Kier alpha value is -3.67. The number of ether oxygens (including phenoxy) is 2. The molecule has 3 aromatic carbocycles. The first-order chi connectivity index (χ1) is 14.9. The van der Waals surface area contributed by atoms with Gasteiger partial charge in [0.15, 0.2) is 12.4 Å². The molecule has 0 heterocycles. The second kappa shape index (κ2) is 9.89. The number of methoxy groups -OCH3 is 1. The lowest BCUT2D eigenvalue weighted by Gasteiger charge is -2.17. The second-order valence-electron chi connectivity index (χ2n) is 7.28. The predicted octanol–water partition coefficient (Wildman–Crippen LogP) is 4.01. The number of ketones is 1. The molecule has 1 amide bonds. The van der Waals surface area contributed by atoms with E-state index in [4.69, 9.17) is 9.47 Å². The highest BCUT2D eigenvalue weighted by Gasteiger charge is 2.16. The molecule has 0 spiro atoms. The average Bonchev–Trinajstić information content (AvgIpc) is 2.77. The maximum atomic E-state index is 12.3. The molecule has 6 heteroatoms. The molecule has 0 aliphatic carbocycles. The fraction of sp³-hybridized carbons (Fsp3) is 0.240. The number of nitrogens with one attached hydrogen (secondary N) is 1. The zero-order valence-corrected chi connectivity index (χ0v) is 17.8. The Kier molecular flexibility index (Phi) is 7.03. The number of fused-ring (bicyclic) bond motifs is 1. The first-order valence-corrected chi connectivity index (χ1v) is 9.99. The van der Waals surface area contributed by atoms with Crippen molar-refractivity contribution in [3.8, 4) is 5.75 Å². The van der Waals surface area contributed by atoms with Gasteiger partial charge in [-0.2, -0.15) is 0 Å². The maximum absolute atomic E-state index is 12.3. The van der Waals surface area contributed by atoms with Gasteiger partial charge in [0.05, 0.1) is 19.6 Å². The first-order valence-electron chi connectivity index (χ1n) is 9.99. The van der Waals surface area contributed by atoms with Crippen LogP contribution in [0.1, 0.15) is 41.4 Å². The smallest absolute Gasteiger partial charge is 0.310 e. The minimum atomic E-state index is -0.577. The molecule has 0 aliphatic rings. The summed E-state index contributed by atoms with van der Waals surface area (Å²) in [5.74, 6) is -0.597. The predicted molar refractivity (Wildman–Crippen MR) is 118 cm³/mol. The van der Waals surface area contributed by atoms with Crippen LogP contribution < -0.4 is 10.1 Å². The number of carbonyl (C=O) groups excluding carboxylic acids is 3. The SMILES string of the molecule is COc1ccc(C(C)=O)cc1CC(=O)OCC(=O)N[C@@H](C)c1cccc2ccccc12. The van der Waals surface area contributed by atoms with Crippen LogP contribution in [0, 0.1) is 0 Å². The molecule has 1 N–H and O–H groups in total. The van der Waals surface area contributed by atoms with Gasteiger partial charge in [0.2, 0.25) is 0 Å². The minimum absolute atomic E-state index is 0.101. The monoisotopic (exact) mass is 419 g/mol. The fourth-order valence-electron chi connectivity index (χ4n) is 3.48. The van der Waals surface area contributed by atoms with Crippen LogP contribution in [0.15, 0.2) is 60.7 Å². The first kappa shape index (κ1) is 22.0. The van der Waals surface area contributed by atoms with Gasteiger partial charge < -0.3 is 14.8 Å². The number of carbonyl (C=O) groups is 3. The molecule has 0 saturated carbocycles. The van der Waals surface area contributed by atoms with Crippen LogP contribution in [0.3, 0.4) is 0 Å². The van der Waals surface area contributed by atoms with E-state index in [1.165, 1.54) is 14.0 Å². The molecule has 0 unspecified atom stereocenters. The molecule has 0 aliphatic heterocycles. The van der Waals surface area contributed by atoms with Crippen LogP contribution in [-0.2, 0) is 20.7 Å². The summed E-state index contributed by atoms with van der Waals surface area (Å²) in [6.07, 6.45) is -0.101. The zero-order chi connectivity index (χ0) is 22.4. The lowest BCUT2D eigenvalue weighted by Crippen LogP contribution is -2.31. The Balaban J connectivity index is 1.59. The van der Waals surface area contributed by atoms with Crippen LogP contribution in [0.5, 0.6) is 5.75 Å². The summed E-state index contributed by atoms with van der Waals surface area (Å²) in [5, 5.41) is 5.02. The molecule has 3 rings (SSSR count). The quantitative estimate of drug-likeness (QED) is 0.441. The normalized spacial score (nSPS) is 11.6. The van der Waals surface area contributed by atoms with E-state index < -0.39 is 11.9 Å². The molecule has 1 atom stereocenters. The summed E-state index contributed by atoms with van der Waals surface area (Å²) < 4.78 is 10.4. The number of hydrogen-bond donors (Lipinski definition) is 1. The van der Waals surface area contributed by atoms with Crippen molar-refractivity contribution in [1.82, 2.24) is 5.32 Å². The molecule has 6 nitrogen and oxygen atoms in total. The Morgan fingerprint density at radius 3 is 2.48 bits per heavy atom. The molecular formula is C25H25NO5. The van der Waals surface area contributed by atoms with Crippen molar-refractivity contribution in [2.75, 3.05) is 13.7 Å². The molecule has 3 aromatic rings. The molecule has 160 valence electrons. The highest BCUT2D eigenvalue weighted by molar-refractivity contribution is 5.94. The third-order valence-corrected chi connectivity index (χ3v) is 5.05. The summed E-state index contributed by atoms with van der Waals surface area (Å²) in [5.41, 5.74) is 2.00. The maximum Gasteiger partial charge on any atom is 0.310 e. The van der Waals surface area contributed by atoms with Crippen molar-refractivity contribution in [1.29, 1.82) is 0 Å². The third kappa shape index (κ3) is 5.48. The van der Waals surface area contributed by atoms with Crippen molar-refractivity contribution >= 4 is 28.4 Å². The molecular weight excluding hydrogens is 394 g/mol. The Labute approximate surface area is 181 Å². The summed E-state index contributed by atoms with van der Waals surface area (Å²) in [7, 11) is 1.49. The molecule has 31 heavy (non-hydrogen) atoms. The largest absolute Gasteiger partial charge is 0.496 e. The van der Waals surface area contributed by atoms with E-state index in [0.29, 0.717) is 16.9 Å². The number of rotatable bonds is 8. The zero-order valence-electron chi connectivity index (χ0n) is 17.8. The molecule has 0 aromatic heterocycles. The molecule has 0 bridgehead atoms. The van der Waals surface area contributed by atoms with E-state index >= 15 is 0 Å². The van der Waals surface area contributed by atoms with Gasteiger partial charge in [-0.05, 0) is 48.4 Å². The van der Waals surface area contributed by atoms with Crippen molar-refractivity contribution in [3.05, 3.63) is 77.4 Å². The van der Waals surface area contributed by atoms with Crippen molar-refractivity contribution < 1.29 is 23.9 Å². The van der Waals surface area contributed by atoms with Crippen LogP contribution in [-0.4, -0.2) is 31.4 Å². The highest BCUT2D eigenvalue weighted by Crippen LogP contribution is 2.24. The summed E-state index contributed by atoms with van der Waals surface area (Å²) in [6.45, 7) is 2.95. The molecule has 0 saturated heterocycles. The topological polar surface area (TPSA) is 81.7 Å². The lowest BCUT2D eigenvalue weighted by atomic mass is 10.00. The van der Waals surface area contributed by atoms with Crippen LogP contribution in [0.25, 0.3) is 10.8 Å². The van der Waals surface area contributed by atoms with Crippen LogP contribution in [0.2, 0.25) is 0 Å². The van der Waals surface area contributed by atoms with Crippen molar-refractivity contribution in [3.63, 3.8) is 0 Å². The van der Waals surface area contributed by atoms with Gasteiger partial charge in [0.25, 0.3) is 5.91 Å². The Bertz CT molecular complexity index is 1120. The summed E-state index contributed by atoms with van der Waals surface area (Å²) in [4.78, 5) is 36.2.